The van der Waals surface area contributed by atoms with E-state index in [0.29, 0.717) is 35.9 Å². The van der Waals surface area contributed by atoms with Gasteiger partial charge in [-0.3, -0.25) is 9.10 Å². The number of hydrogen-bond donors (Lipinski definition) is 1. The number of nitrogens with one attached hydrogen (secondary N) is 1. The van der Waals surface area contributed by atoms with Crippen LogP contribution in [0.25, 0.3) is 0 Å². The molecule has 0 saturated carbocycles. The van der Waals surface area contributed by atoms with E-state index in [1.165, 1.54) is 4.31 Å². The van der Waals surface area contributed by atoms with Crippen LogP contribution in [0.5, 0.6) is 17.2 Å². The number of para-hydroxylation sites is 2. The lowest BCUT2D eigenvalue weighted by molar-refractivity contribution is -0.128. The summed E-state index contributed by atoms with van der Waals surface area (Å²) in [6.45, 7) is 0.579. The minimum atomic E-state index is -3.48. The average Bonchev–Trinajstić information content (AvgIpc) is 2.93. The van der Waals surface area contributed by atoms with Crippen LogP contribution in [0, 0.1) is 0 Å². The highest BCUT2D eigenvalue weighted by Crippen LogP contribution is 2.33. The van der Waals surface area contributed by atoms with Gasteiger partial charge >= 0.3 is 0 Å². The minimum Gasteiger partial charge on any atom is -0.493 e. The third-order valence-electron chi connectivity index (χ3n) is 4.85. The van der Waals surface area contributed by atoms with Gasteiger partial charge in [0.1, 0.15) is 5.75 Å². The summed E-state index contributed by atoms with van der Waals surface area (Å²) < 4.78 is 42.0. The van der Waals surface area contributed by atoms with Crippen LogP contribution in [0.15, 0.2) is 42.5 Å². The lowest BCUT2D eigenvalue weighted by Crippen LogP contribution is -2.40. The molecule has 1 heterocycles. The van der Waals surface area contributed by atoms with Gasteiger partial charge in [-0.05, 0) is 36.2 Å². The molecule has 1 amide bonds. The summed E-state index contributed by atoms with van der Waals surface area (Å²) in [5.74, 6) is 1.37. The zero-order valence-corrected chi connectivity index (χ0v) is 18.1. The van der Waals surface area contributed by atoms with Gasteiger partial charge in [-0.25, -0.2) is 8.42 Å². The van der Waals surface area contributed by atoms with Crippen molar-refractivity contribution in [2.75, 3.05) is 37.9 Å². The Kier molecular flexibility index (Phi) is 6.71. The Balaban J connectivity index is 1.64. The number of rotatable bonds is 7. The summed E-state index contributed by atoms with van der Waals surface area (Å²) in [6, 6.07) is 12.4. The Hall–Kier alpha value is -2.94. The molecule has 0 spiro atoms. The number of sulfonamides is 1. The van der Waals surface area contributed by atoms with Gasteiger partial charge in [-0.2, -0.15) is 0 Å². The van der Waals surface area contributed by atoms with Crippen molar-refractivity contribution in [3.63, 3.8) is 0 Å². The molecule has 162 valence electrons. The predicted octanol–water partition coefficient (Wildman–Crippen LogP) is 1.98. The highest BCUT2D eigenvalue weighted by molar-refractivity contribution is 7.92. The number of nitrogens with zero attached hydrogens (tertiary/aromatic N) is 1. The second kappa shape index (κ2) is 9.25. The molecule has 1 unspecified atom stereocenters. The van der Waals surface area contributed by atoms with E-state index in [-0.39, 0.29) is 18.9 Å². The molecule has 2 aromatic rings. The minimum absolute atomic E-state index is 0.170. The van der Waals surface area contributed by atoms with Gasteiger partial charge in [0.15, 0.2) is 17.6 Å². The van der Waals surface area contributed by atoms with Crippen LogP contribution in [0.1, 0.15) is 12.0 Å². The van der Waals surface area contributed by atoms with Crippen LogP contribution in [0.4, 0.5) is 5.69 Å². The summed E-state index contributed by atoms with van der Waals surface area (Å²) in [6.07, 6.45) is 1.23. The molecular formula is C21H26N2O6S. The van der Waals surface area contributed by atoms with Crippen molar-refractivity contribution in [1.29, 1.82) is 0 Å². The maximum atomic E-state index is 12.7. The van der Waals surface area contributed by atoms with Gasteiger partial charge in [0, 0.05) is 19.5 Å². The van der Waals surface area contributed by atoms with Crippen molar-refractivity contribution >= 4 is 21.6 Å². The third kappa shape index (κ3) is 4.96. The molecular weight excluding hydrogens is 408 g/mol. The SMILES string of the molecule is COc1ccc(CCNC(=O)C2CCN(S(C)(=O)=O)c3ccccc3O2)cc1OC. The standard InChI is InChI=1S/C21H26N2O6S/c1-27-18-9-8-15(14-20(18)28-2)10-12-22-21(24)19-11-13-23(30(3,25)26)16-6-4-5-7-17(16)29-19/h4-9,14,19H,10-13H2,1-3H3,(H,22,24). The molecule has 1 aliphatic heterocycles. The third-order valence-corrected chi connectivity index (χ3v) is 6.03. The quantitative estimate of drug-likeness (QED) is 0.716. The Morgan fingerprint density at radius 2 is 1.90 bits per heavy atom. The maximum absolute atomic E-state index is 12.7. The van der Waals surface area contributed by atoms with Crippen LogP contribution in [0.3, 0.4) is 0 Å². The van der Waals surface area contributed by atoms with Crippen molar-refractivity contribution < 1.29 is 27.4 Å². The zero-order chi connectivity index (χ0) is 21.7. The highest BCUT2D eigenvalue weighted by Gasteiger charge is 2.30. The fourth-order valence-electron chi connectivity index (χ4n) is 3.34. The Labute approximate surface area is 176 Å². The first-order valence-electron chi connectivity index (χ1n) is 9.55. The van der Waals surface area contributed by atoms with E-state index in [1.807, 2.05) is 18.2 Å². The van der Waals surface area contributed by atoms with Gasteiger partial charge < -0.3 is 19.5 Å². The largest absolute Gasteiger partial charge is 0.493 e. The van der Waals surface area contributed by atoms with Crippen LogP contribution in [0.2, 0.25) is 0 Å². The predicted molar refractivity (Wildman–Crippen MR) is 114 cm³/mol. The van der Waals surface area contributed by atoms with Gasteiger partial charge in [-0.15, -0.1) is 0 Å². The fourth-order valence-corrected chi connectivity index (χ4v) is 4.28. The number of hydrogen-bond acceptors (Lipinski definition) is 6. The van der Waals surface area contributed by atoms with Gasteiger partial charge in [0.2, 0.25) is 10.0 Å². The molecule has 2 aromatic carbocycles. The lowest BCUT2D eigenvalue weighted by Gasteiger charge is -2.20. The molecule has 0 bridgehead atoms. The smallest absolute Gasteiger partial charge is 0.261 e. The number of benzene rings is 2. The van der Waals surface area contributed by atoms with E-state index in [2.05, 4.69) is 5.32 Å². The van der Waals surface area contributed by atoms with Crippen LogP contribution in [-0.2, 0) is 21.2 Å². The van der Waals surface area contributed by atoms with E-state index in [4.69, 9.17) is 14.2 Å². The van der Waals surface area contributed by atoms with Crippen molar-refractivity contribution in [2.24, 2.45) is 0 Å². The Morgan fingerprint density at radius 1 is 1.17 bits per heavy atom. The molecule has 9 heteroatoms. The average molecular weight is 435 g/mol. The Bertz CT molecular complexity index is 1010. The second-order valence-corrected chi connectivity index (χ2v) is 8.84. The topological polar surface area (TPSA) is 94.2 Å². The van der Waals surface area contributed by atoms with Crippen molar-refractivity contribution in [1.82, 2.24) is 5.32 Å². The number of amides is 1. The van der Waals surface area contributed by atoms with E-state index in [1.54, 1.807) is 38.5 Å². The highest BCUT2D eigenvalue weighted by atomic mass is 32.2. The molecule has 0 fully saturated rings. The molecule has 1 N–H and O–H groups in total. The number of carbonyl (C=O) groups is 1. The summed E-state index contributed by atoms with van der Waals surface area (Å²) in [4.78, 5) is 12.7. The van der Waals surface area contributed by atoms with Crippen LogP contribution >= 0.6 is 0 Å². The van der Waals surface area contributed by atoms with Gasteiger partial charge in [0.25, 0.3) is 5.91 Å². The van der Waals surface area contributed by atoms with Crippen LogP contribution < -0.4 is 23.8 Å². The first kappa shape index (κ1) is 21.8. The molecule has 3 rings (SSSR count). The van der Waals surface area contributed by atoms with Gasteiger partial charge in [-0.1, -0.05) is 18.2 Å². The maximum Gasteiger partial charge on any atom is 0.261 e. The van der Waals surface area contributed by atoms with E-state index >= 15 is 0 Å². The summed E-state index contributed by atoms with van der Waals surface area (Å²) in [5.41, 5.74) is 1.43. The van der Waals surface area contributed by atoms with Crippen molar-refractivity contribution in [3.05, 3.63) is 48.0 Å². The summed E-state index contributed by atoms with van der Waals surface area (Å²) in [7, 11) is -0.327. The number of fused-ring (bicyclic) bond motifs is 1. The second-order valence-electron chi connectivity index (χ2n) is 6.93. The van der Waals surface area contributed by atoms with Crippen molar-refractivity contribution in [2.45, 2.75) is 18.9 Å². The molecule has 0 saturated heterocycles. The van der Waals surface area contributed by atoms with E-state index in [0.717, 1.165) is 11.8 Å². The zero-order valence-electron chi connectivity index (χ0n) is 17.3. The number of ether oxygens (including phenoxy) is 3. The molecule has 0 radical (unpaired) electrons. The van der Waals surface area contributed by atoms with Crippen molar-refractivity contribution in [3.8, 4) is 17.2 Å². The molecule has 1 aliphatic rings. The van der Waals surface area contributed by atoms with E-state index in [9.17, 15) is 13.2 Å². The van der Waals surface area contributed by atoms with Crippen LogP contribution in [-0.4, -0.2) is 54.0 Å². The fraction of sp³-hybridized carbons (Fsp3) is 0.381. The summed E-state index contributed by atoms with van der Waals surface area (Å²) >= 11 is 0. The normalized spacial score (nSPS) is 16.1. The summed E-state index contributed by atoms with van der Waals surface area (Å²) in [5, 5.41) is 2.88. The molecule has 0 aromatic heterocycles. The van der Waals surface area contributed by atoms with E-state index < -0.39 is 16.1 Å². The number of methoxy groups -OCH3 is 2. The first-order chi connectivity index (χ1) is 14.3. The molecule has 1 atom stereocenters. The molecule has 8 nitrogen and oxygen atoms in total. The molecule has 0 aliphatic carbocycles. The Morgan fingerprint density at radius 3 is 2.60 bits per heavy atom. The number of carbonyl (C=O) groups excluding carboxylic acids is 1. The first-order valence-corrected chi connectivity index (χ1v) is 11.4. The lowest BCUT2D eigenvalue weighted by atomic mass is 10.1. The number of anilines is 1. The van der Waals surface area contributed by atoms with Gasteiger partial charge in [0.05, 0.1) is 26.2 Å². The molecule has 30 heavy (non-hydrogen) atoms. The monoisotopic (exact) mass is 434 g/mol.